The first-order valence-corrected chi connectivity index (χ1v) is 6.64. The summed E-state index contributed by atoms with van der Waals surface area (Å²) in [6.07, 6.45) is 1.31. The molecule has 0 amide bonds. The molecule has 0 fully saturated rings. The Balaban J connectivity index is 1.72. The van der Waals surface area contributed by atoms with Crippen molar-refractivity contribution in [1.29, 1.82) is 0 Å². The van der Waals surface area contributed by atoms with Crippen molar-refractivity contribution < 1.29 is 8.91 Å². The van der Waals surface area contributed by atoms with E-state index in [2.05, 4.69) is 10.1 Å². The summed E-state index contributed by atoms with van der Waals surface area (Å²) in [5, 5.41) is 3.88. The van der Waals surface area contributed by atoms with Gasteiger partial charge in [-0.3, -0.25) is 0 Å². The average Bonchev–Trinajstić information content (AvgIpc) is 2.95. The fourth-order valence-electron chi connectivity index (χ4n) is 2.10. The Morgan fingerprint density at radius 2 is 1.90 bits per heavy atom. The van der Waals surface area contributed by atoms with Gasteiger partial charge in [-0.2, -0.15) is 4.98 Å². The molecule has 4 nitrogen and oxygen atoms in total. The summed E-state index contributed by atoms with van der Waals surface area (Å²) in [6, 6.07) is 13.8. The zero-order valence-corrected chi connectivity index (χ0v) is 11.3. The first-order valence-electron chi connectivity index (χ1n) is 6.64. The van der Waals surface area contributed by atoms with Crippen LogP contribution in [-0.4, -0.2) is 10.1 Å². The van der Waals surface area contributed by atoms with Crippen LogP contribution in [0.15, 0.2) is 53.1 Å². The summed E-state index contributed by atoms with van der Waals surface area (Å²) >= 11 is 0. The van der Waals surface area contributed by atoms with E-state index in [0.29, 0.717) is 23.7 Å². The lowest BCUT2D eigenvalue weighted by Gasteiger charge is -2.02. The Bertz CT molecular complexity index is 755. The molecule has 0 atom stereocenters. The van der Waals surface area contributed by atoms with Gasteiger partial charge < -0.3 is 10.3 Å². The summed E-state index contributed by atoms with van der Waals surface area (Å²) in [5.41, 5.74) is 8.29. The highest BCUT2D eigenvalue weighted by molar-refractivity contribution is 5.54. The molecule has 0 saturated carbocycles. The van der Waals surface area contributed by atoms with Crippen LogP contribution in [-0.2, 0) is 12.8 Å². The van der Waals surface area contributed by atoms with Crippen LogP contribution in [0.25, 0.3) is 11.4 Å². The van der Waals surface area contributed by atoms with Crippen LogP contribution in [0.2, 0.25) is 0 Å². The molecule has 0 unspecified atom stereocenters. The zero-order chi connectivity index (χ0) is 14.7. The quantitative estimate of drug-likeness (QED) is 0.746. The van der Waals surface area contributed by atoms with Gasteiger partial charge in [0.15, 0.2) is 0 Å². The Morgan fingerprint density at radius 3 is 2.71 bits per heavy atom. The minimum atomic E-state index is -0.323. The smallest absolute Gasteiger partial charge is 0.227 e. The van der Waals surface area contributed by atoms with Gasteiger partial charge in [0.1, 0.15) is 5.82 Å². The molecule has 3 rings (SSSR count). The molecule has 2 aromatic carbocycles. The highest BCUT2D eigenvalue weighted by Crippen LogP contribution is 2.18. The molecule has 5 heteroatoms. The third-order valence-electron chi connectivity index (χ3n) is 3.21. The van der Waals surface area contributed by atoms with E-state index < -0.39 is 0 Å². The number of aryl methyl sites for hydroxylation is 2. The molecule has 21 heavy (non-hydrogen) atoms. The van der Waals surface area contributed by atoms with Gasteiger partial charge in [0, 0.05) is 17.7 Å². The van der Waals surface area contributed by atoms with E-state index in [0.717, 1.165) is 17.7 Å². The highest BCUT2D eigenvalue weighted by atomic mass is 19.1. The van der Waals surface area contributed by atoms with Crippen molar-refractivity contribution in [3.05, 3.63) is 65.8 Å². The van der Waals surface area contributed by atoms with E-state index in [9.17, 15) is 4.39 Å². The number of benzene rings is 2. The van der Waals surface area contributed by atoms with Crippen molar-refractivity contribution in [2.24, 2.45) is 0 Å². The topological polar surface area (TPSA) is 64.9 Å². The second-order valence-corrected chi connectivity index (χ2v) is 4.72. The maximum atomic E-state index is 13.2. The molecule has 3 aromatic rings. The van der Waals surface area contributed by atoms with Gasteiger partial charge in [0.2, 0.25) is 11.7 Å². The van der Waals surface area contributed by atoms with Crippen LogP contribution < -0.4 is 5.73 Å². The first-order chi connectivity index (χ1) is 10.2. The second kappa shape index (κ2) is 5.75. The Labute approximate surface area is 121 Å². The zero-order valence-electron chi connectivity index (χ0n) is 11.3. The number of hydrogen-bond donors (Lipinski definition) is 1. The summed E-state index contributed by atoms with van der Waals surface area (Å²) < 4.78 is 18.4. The first kappa shape index (κ1) is 13.3. The summed E-state index contributed by atoms with van der Waals surface area (Å²) in [5.74, 6) is 0.582. The monoisotopic (exact) mass is 283 g/mol. The fraction of sp³-hybridized carbons (Fsp3) is 0.125. The van der Waals surface area contributed by atoms with E-state index >= 15 is 0 Å². The molecule has 0 spiro atoms. The lowest BCUT2D eigenvalue weighted by molar-refractivity contribution is 0.379. The lowest BCUT2D eigenvalue weighted by Crippen LogP contribution is -1.97. The molecule has 0 bridgehead atoms. The second-order valence-electron chi connectivity index (χ2n) is 4.72. The van der Waals surface area contributed by atoms with E-state index in [1.165, 1.54) is 12.1 Å². The van der Waals surface area contributed by atoms with Crippen molar-refractivity contribution in [3.8, 4) is 11.4 Å². The normalized spacial score (nSPS) is 10.7. The molecule has 0 aliphatic carbocycles. The molecule has 0 aliphatic rings. The van der Waals surface area contributed by atoms with Gasteiger partial charge in [-0.05, 0) is 30.2 Å². The van der Waals surface area contributed by atoms with Crippen molar-refractivity contribution in [2.75, 3.05) is 5.73 Å². The van der Waals surface area contributed by atoms with Crippen molar-refractivity contribution >= 4 is 5.69 Å². The Morgan fingerprint density at radius 1 is 1.05 bits per heavy atom. The van der Waals surface area contributed by atoms with Gasteiger partial charge in [0.05, 0.1) is 0 Å². The molecule has 1 aromatic heterocycles. The predicted molar refractivity (Wildman–Crippen MR) is 78.0 cm³/mol. The molecular weight excluding hydrogens is 269 g/mol. The number of hydrogen-bond acceptors (Lipinski definition) is 4. The maximum absolute atomic E-state index is 13.2. The maximum Gasteiger partial charge on any atom is 0.227 e. The molecule has 2 N–H and O–H groups in total. The van der Waals surface area contributed by atoms with E-state index in [-0.39, 0.29) is 5.82 Å². The van der Waals surface area contributed by atoms with Crippen LogP contribution in [0.4, 0.5) is 10.1 Å². The number of para-hydroxylation sites is 1. The van der Waals surface area contributed by atoms with Crippen LogP contribution in [0, 0.1) is 5.82 Å². The average molecular weight is 283 g/mol. The summed E-state index contributed by atoms with van der Waals surface area (Å²) in [7, 11) is 0. The Kier molecular flexibility index (Phi) is 3.64. The largest absolute Gasteiger partial charge is 0.399 e. The van der Waals surface area contributed by atoms with Crippen molar-refractivity contribution in [1.82, 2.24) is 10.1 Å². The van der Waals surface area contributed by atoms with Crippen molar-refractivity contribution in [3.63, 3.8) is 0 Å². The van der Waals surface area contributed by atoms with Gasteiger partial charge >= 0.3 is 0 Å². The van der Waals surface area contributed by atoms with Crippen LogP contribution >= 0.6 is 0 Å². The molecule has 0 saturated heterocycles. The lowest BCUT2D eigenvalue weighted by atomic mass is 10.1. The minimum absolute atomic E-state index is 0.323. The van der Waals surface area contributed by atoms with E-state index in [4.69, 9.17) is 10.3 Å². The van der Waals surface area contributed by atoms with E-state index in [1.807, 2.05) is 24.3 Å². The third-order valence-corrected chi connectivity index (χ3v) is 3.21. The van der Waals surface area contributed by atoms with Gasteiger partial charge in [-0.25, -0.2) is 4.39 Å². The van der Waals surface area contributed by atoms with Crippen LogP contribution in [0.5, 0.6) is 0 Å². The number of nitrogens with two attached hydrogens (primary N) is 1. The molecule has 0 radical (unpaired) electrons. The predicted octanol–water partition coefficient (Wildman–Crippen LogP) is 3.24. The fourth-order valence-corrected chi connectivity index (χ4v) is 2.10. The van der Waals surface area contributed by atoms with Gasteiger partial charge in [-0.1, -0.05) is 35.5 Å². The number of aromatic nitrogens is 2. The molecular formula is C16H14FN3O. The standard InChI is InChI=1S/C16H14FN3O/c17-13-6-3-5-12(10-13)16-19-15(21-20-16)9-8-11-4-1-2-7-14(11)18/h1-7,10H,8-9,18H2. The third kappa shape index (κ3) is 3.08. The SMILES string of the molecule is Nc1ccccc1CCc1nc(-c2cccc(F)c2)no1. The minimum Gasteiger partial charge on any atom is -0.399 e. The van der Waals surface area contributed by atoms with Crippen LogP contribution in [0.3, 0.4) is 0 Å². The van der Waals surface area contributed by atoms with Crippen molar-refractivity contribution in [2.45, 2.75) is 12.8 Å². The number of anilines is 1. The summed E-state index contributed by atoms with van der Waals surface area (Å²) in [6.45, 7) is 0. The highest BCUT2D eigenvalue weighted by Gasteiger charge is 2.10. The van der Waals surface area contributed by atoms with Gasteiger partial charge in [0.25, 0.3) is 0 Å². The molecule has 106 valence electrons. The number of halogens is 1. The summed E-state index contributed by atoms with van der Waals surface area (Å²) in [4.78, 5) is 4.28. The number of rotatable bonds is 4. The van der Waals surface area contributed by atoms with E-state index in [1.54, 1.807) is 12.1 Å². The number of nitrogen functional groups attached to an aromatic ring is 1. The Hall–Kier alpha value is -2.69. The van der Waals surface area contributed by atoms with Crippen LogP contribution in [0.1, 0.15) is 11.5 Å². The van der Waals surface area contributed by atoms with Gasteiger partial charge in [-0.15, -0.1) is 0 Å². The number of nitrogens with zero attached hydrogens (tertiary/aromatic N) is 2. The molecule has 1 heterocycles. The molecule has 0 aliphatic heterocycles.